The summed E-state index contributed by atoms with van der Waals surface area (Å²) in [5.74, 6) is 0.779. The predicted molar refractivity (Wildman–Crippen MR) is 99.2 cm³/mol. The Hall–Kier alpha value is -0.920. The van der Waals surface area contributed by atoms with Crippen LogP contribution in [0.1, 0.15) is 34.6 Å². The van der Waals surface area contributed by atoms with Crippen LogP contribution in [0.4, 0.5) is 0 Å². The molecule has 2 aromatic rings. The van der Waals surface area contributed by atoms with Crippen molar-refractivity contribution < 1.29 is 12.7 Å². The number of rotatable bonds is 7. The van der Waals surface area contributed by atoms with Crippen LogP contribution in [-0.2, 0) is 3.07 Å². The van der Waals surface area contributed by atoms with E-state index in [-0.39, 0.29) is 11.7 Å². The molecule has 0 fully saturated rings. The highest BCUT2D eigenvalue weighted by Crippen LogP contribution is 2.33. The van der Waals surface area contributed by atoms with Crippen LogP contribution in [0.5, 0.6) is 0 Å². The fourth-order valence-electron chi connectivity index (χ4n) is 2.33. The first-order chi connectivity index (χ1) is 10.6. The monoisotopic (exact) mass is 428 g/mol. The minimum Gasteiger partial charge on any atom is -0.315 e. The van der Waals surface area contributed by atoms with Gasteiger partial charge in [-0.1, -0.05) is 32.0 Å². The van der Waals surface area contributed by atoms with Gasteiger partial charge in [-0.05, 0) is 17.5 Å². The maximum absolute atomic E-state index is 12.5. The van der Waals surface area contributed by atoms with Gasteiger partial charge < -0.3 is 3.07 Å². The van der Waals surface area contributed by atoms with Gasteiger partial charge >= 0.3 is 0 Å². The second-order valence-electron chi connectivity index (χ2n) is 5.18. The van der Waals surface area contributed by atoms with Crippen LogP contribution < -0.4 is 0 Å². The van der Waals surface area contributed by atoms with E-state index in [9.17, 15) is 9.59 Å². The van der Waals surface area contributed by atoms with E-state index >= 15 is 0 Å². The van der Waals surface area contributed by atoms with E-state index in [0.29, 0.717) is 17.7 Å². The van der Waals surface area contributed by atoms with Crippen LogP contribution >= 0.6 is 34.8 Å². The number of fused-ring (bicyclic) bond motifs is 1. The zero-order chi connectivity index (χ0) is 16.1. The molecule has 2 rings (SSSR count). The van der Waals surface area contributed by atoms with Gasteiger partial charge in [0.1, 0.15) is 23.0 Å². The first-order valence-corrected chi connectivity index (χ1v) is 8.88. The van der Waals surface area contributed by atoms with Crippen molar-refractivity contribution >= 4 is 57.6 Å². The molecule has 22 heavy (non-hydrogen) atoms. The standard InChI is InChI=1S/C17H17IO3S/c1-11(2)17(20)14-6-7-15(22-9-8-21-18)13-5-3-4-12(10-19)16(13)14/h3-7,10-11H,8-9H2,1-2H3. The van der Waals surface area contributed by atoms with Crippen molar-refractivity contribution in [2.75, 3.05) is 12.4 Å². The maximum Gasteiger partial charge on any atom is 0.166 e. The molecule has 0 N–H and O–H groups in total. The van der Waals surface area contributed by atoms with Gasteiger partial charge in [-0.2, -0.15) is 0 Å². The Morgan fingerprint density at radius 3 is 2.73 bits per heavy atom. The van der Waals surface area contributed by atoms with Crippen molar-refractivity contribution in [2.24, 2.45) is 5.92 Å². The van der Waals surface area contributed by atoms with Crippen molar-refractivity contribution in [1.29, 1.82) is 0 Å². The lowest BCUT2D eigenvalue weighted by molar-refractivity contribution is 0.0941. The van der Waals surface area contributed by atoms with Gasteiger partial charge in [0, 0.05) is 33.1 Å². The Labute approximate surface area is 148 Å². The second kappa shape index (κ2) is 8.08. The van der Waals surface area contributed by atoms with E-state index in [1.54, 1.807) is 17.8 Å². The predicted octanol–water partition coefficient (Wildman–Crippen LogP) is 4.95. The third kappa shape index (κ3) is 3.70. The number of carbonyl (C=O) groups excluding carboxylic acids is 2. The molecular weight excluding hydrogens is 411 g/mol. The maximum atomic E-state index is 12.5. The van der Waals surface area contributed by atoms with E-state index in [0.717, 1.165) is 27.7 Å². The van der Waals surface area contributed by atoms with Gasteiger partial charge in [-0.25, -0.2) is 0 Å². The van der Waals surface area contributed by atoms with Crippen molar-refractivity contribution in [3.63, 3.8) is 0 Å². The molecule has 0 amide bonds. The zero-order valence-electron chi connectivity index (χ0n) is 12.5. The van der Waals surface area contributed by atoms with Crippen LogP contribution in [0.25, 0.3) is 10.8 Å². The number of hydrogen-bond donors (Lipinski definition) is 0. The third-order valence-electron chi connectivity index (χ3n) is 3.37. The molecule has 5 heteroatoms. The van der Waals surface area contributed by atoms with Crippen molar-refractivity contribution in [3.05, 3.63) is 41.5 Å². The topological polar surface area (TPSA) is 43.4 Å². The van der Waals surface area contributed by atoms with E-state index in [1.807, 2.05) is 61.1 Å². The Morgan fingerprint density at radius 1 is 1.32 bits per heavy atom. The van der Waals surface area contributed by atoms with Crippen LogP contribution in [0, 0.1) is 5.92 Å². The Balaban J connectivity index is 2.61. The number of hydrogen-bond acceptors (Lipinski definition) is 4. The minimum absolute atomic E-state index is 0.0615. The summed E-state index contributed by atoms with van der Waals surface area (Å²) >= 11 is 3.54. The zero-order valence-corrected chi connectivity index (χ0v) is 15.4. The molecule has 0 spiro atoms. The summed E-state index contributed by atoms with van der Waals surface area (Å²) in [5, 5.41) is 1.71. The molecule has 0 radical (unpaired) electrons. The van der Waals surface area contributed by atoms with Gasteiger partial charge in [0.2, 0.25) is 0 Å². The highest BCUT2D eigenvalue weighted by atomic mass is 127. The molecule has 0 heterocycles. The summed E-state index contributed by atoms with van der Waals surface area (Å²) < 4.78 is 5.05. The number of carbonyl (C=O) groups is 2. The Bertz CT molecular complexity index is 698. The summed E-state index contributed by atoms with van der Waals surface area (Å²) in [5.41, 5.74) is 1.19. The molecule has 0 unspecified atom stereocenters. The van der Waals surface area contributed by atoms with Gasteiger partial charge in [0.05, 0.1) is 6.61 Å². The van der Waals surface area contributed by atoms with Gasteiger partial charge in [0.15, 0.2) is 12.1 Å². The Kier molecular flexibility index (Phi) is 6.40. The van der Waals surface area contributed by atoms with E-state index in [2.05, 4.69) is 0 Å². The summed E-state index contributed by atoms with van der Waals surface area (Å²) in [6, 6.07) is 9.38. The van der Waals surface area contributed by atoms with Crippen LogP contribution in [0.2, 0.25) is 0 Å². The van der Waals surface area contributed by atoms with Crippen LogP contribution in [0.3, 0.4) is 0 Å². The number of thioether (sulfide) groups is 1. The largest absolute Gasteiger partial charge is 0.315 e. The fraction of sp³-hybridized carbons (Fsp3) is 0.294. The Morgan fingerprint density at radius 2 is 2.09 bits per heavy atom. The van der Waals surface area contributed by atoms with Crippen LogP contribution in [-0.4, -0.2) is 24.4 Å². The van der Waals surface area contributed by atoms with E-state index in [1.165, 1.54) is 0 Å². The third-order valence-corrected chi connectivity index (χ3v) is 4.85. The average Bonchev–Trinajstić information content (AvgIpc) is 2.53. The van der Waals surface area contributed by atoms with E-state index in [4.69, 9.17) is 3.07 Å². The fourth-order valence-corrected chi connectivity index (χ4v) is 3.73. The molecule has 0 aliphatic rings. The van der Waals surface area contributed by atoms with Crippen molar-refractivity contribution in [1.82, 2.24) is 0 Å². The summed E-state index contributed by atoms with van der Waals surface area (Å²) in [7, 11) is 0. The molecule has 0 saturated heterocycles. The number of aldehydes is 1. The van der Waals surface area contributed by atoms with Gasteiger partial charge in [-0.15, -0.1) is 11.8 Å². The minimum atomic E-state index is -0.103. The molecular formula is C17H17IO3S. The smallest absolute Gasteiger partial charge is 0.166 e. The molecule has 2 aromatic carbocycles. The normalized spacial score (nSPS) is 11.1. The molecule has 116 valence electrons. The second-order valence-corrected chi connectivity index (χ2v) is 6.94. The summed E-state index contributed by atoms with van der Waals surface area (Å²) in [6.45, 7) is 4.39. The summed E-state index contributed by atoms with van der Waals surface area (Å²) in [4.78, 5) is 24.9. The average molecular weight is 428 g/mol. The molecule has 3 nitrogen and oxygen atoms in total. The summed E-state index contributed by atoms with van der Waals surface area (Å²) in [6.07, 6.45) is 0.821. The number of benzene rings is 2. The lowest BCUT2D eigenvalue weighted by Crippen LogP contribution is -2.09. The van der Waals surface area contributed by atoms with Crippen molar-refractivity contribution in [2.45, 2.75) is 18.7 Å². The quantitative estimate of drug-likeness (QED) is 0.206. The molecule has 0 aromatic heterocycles. The highest BCUT2D eigenvalue weighted by Gasteiger charge is 2.17. The first-order valence-electron chi connectivity index (χ1n) is 7.01. The van der Waals surface area contributed by atoms with Crippen LogP contribution in [0.15, 0.2) is 35.2 Å². The SMILES string of the molecule is CC(C)C(=O)c1ccc(SCCOI)c2cccc(C=O)c12. The number of ketones is 1. The van der Waals surface area contributed by atoms with E-state index < -0.39 is 0 Å². The van der Waals surface area contributed by atoms with Gasteiger partial charge in [0.25, 0.3) is 0 Å². The lowest BCUT2D eigenvalue weighted by atomic mass is 9.93. The molecule has 0 bridgehead atoms. The lowest BCUT2D eigenvalue weighted by Gasteiger charge is -2.13. The molecule has 0 saturated carbocycles. The first kappa shape index (κ1) is 17.4. The van der Waals surface area contributed by atoms with Crippen molar-refractivity contribution in [3.8, 4) is 0 Å². The molecule has 0 aliphatic carbocycles. The molecule has 0 atom stereocenters. The number of Topliss-reactive ketones (excluding diaryl/α,β-unsaturated/α-hetero) is 1. The highest BCUT2D eigenvalue weighted by molar-refractivity contribution is 14.1. The molecule has 0 aliphatic heterocycles. The van der Waals surface area contributed by atoms with Gasteiger partial charge in [-0.3, -0.25) is 9.59 Å². The number of halogens is 1.